The molecule has 0 spiro atoms. The normalized spacial score (nSPS) is 19.2. The molecular formula is C26H46N8O11. The second-order valence-electron chi connectivity index (χ2n) is 10.8. The number of carboxylic acid groups (broad SMARTS) is 1. The highest BCUT2D eigenvalue weighted by Gasteiger charge is 2.39. The van der Waals surface area contributed by atoms with E-state index in [1.807, 2.05) is 0 Å². The van der Waals surface area contributed by atoms with Crippen molar-refractivity contribution in [1.82, 2.24) is 26.2 Å². The van der Waals surface area contributed by atoms with E-state index in [4.69, 9.17) is 17.2 Å². The number of carbonyl (C=O) groups is 7. The van der Waals surface area contributed by atoms with Crippen LogP contribution in [0.3, 0.4) is 0 Å². The molecule has 45 heavy (non-hydrogen) atoms. The van der Waals surface area contributed by atoms with Gasteiger partial charge in [-0.3, -0.25) is 28.8 Å². The van der Waals surface area contributed by atoms with Crippen molar-refractivity contribution >= 4 is 41.4 Å². The number of aliphatic carboxylic acids is 1. The van der Waals surface area contributed by atoms with E-state index in [0.29, 0.717) is 25.8 Å². The second-order valence-corrected chi connectivity index (χ2v) is 10.8. The van der Waals surface area contributed by atoms with Gasteiger partial charge in [0.1, 0.15) is 36.3 Å². The van der Waals surface area contributed by atoms with Crippen LogP contribution in [0.2, 0.25) is 0 Å². The maximum Gasteiger partial charge on any atom is 0.326 e. The minimum Gasteiger partial charge on any atom is -0.480 e. The molecule has 6 amide bonds. The Morgan fingerprint density at radius 1 is 0.867 bits per heavy atom. The third-order valence-electron chi connectivity index (χ3n) is 7.08. The Hall–Kier alpha value is -3.91. The van der Waals surface area contributed by atoms with Crippen molar-refractivity contribution in [2.75, 3.05) is 19.7 Å². The van der Waals surface area contributed by atoms with Crippen molar-refractivity contribution in [2.24, 2.45) is 17.2 Å². The number of primary amides is 1. The summed E-state index contributed by atoms with van der Waals surface area (Å²) in [6.45, 7) is 2.06. The Balaban J connectivity index is 3.07. The number of unbranched alkanes of at least 4 members (excludes halogenated alkanes) is 1. The van der Waals surface area contributed by atoms with Gasteiger partial charge in [-0.2, -0.15) is 0 Å². The number of hydrogen-bond donors (Lipinski definition) is 11. The highest BCUT2D eigenvalue weighted by Crippen LogP contribution is 2.19. The number of carboxylic acids is 1. The van der Waals surface area contributed by atoms with E-state index in [1.54, 1.807) is 0 Å². The number of carbonyl (C=O) groups excluding carboxylic acids is 6. The highest BCUT2D eigenvalue weighted by molar-refractivity contribution is 5.98. The van der Waals surface area contributed by atoms with Crippen molar-refractivity contribution in [3.63, 3.8) is 0 Å². The molecule has 0 aliphatic carbocycles. The average Bonchev–Trinajstić information content (AvgIpc) is 3.46. The maximum absolute atomic E-state index is 13.2. The van der Waals surface area contributed by atoms with Gasteiger partial charge in [-0.1, -0.05) is 0 Å². The predicted octanol–water partition coefficient (Wildman–Crippen LogP) is -5.91. The first-order chi connectivity index (χ1) is 21.0. The van der Waals surface area contributed by atoms with Gasteiger partial charge in [-0.25, -0.2) is 4.79 Å². The minimum absolute atomic E-state index is 0.0269. The molecular weight excluding hydrogens is 600 g/mol. The molecule has 1 saturated heterocycles. The summed E-state index contributed by atoms with van der Waals surface area (Å²) in [6.07, 6.45) is -2.38. The maximum atomic E-state index is 13.2. The van der Waals surface area contributed by atoms with E-state index in [0.717, 1.165) is 18.7 Å². The summed E-state index contributed by atoms with van der Waals surface area (Å²) in [6, 6.07) is -8.85. The fourth-order valence-electron chi connectivity index (χ4n) is 4.59. The summed E-state index contributed by atoms with van der Waals surface area (Å²) in [5.41, 5.74) is 16.2. The summed E-state index contributed by atoms with van der Waals surface area (Å²) >= 11 is 0. The summed E-state index contributed by atoms with van der Waals surface area (Å²) in [4.78, 5) is 89.0. The van der Waals surface area contributed by atoms with Gasteiger partial charge >= 0.3 is 5.97 Å². The quantitative estimate of drug-likeness (QED) is 0.0583. The molecule has 0 aromatic carbocycles. The standard InChI is InChI=1S/C26H46N8O11/c1-12(36)19(23(41)30-15(26(44)45)6-3-4-8-27)33-24(42)20(13(2)37)32-21(39)16(10-18(29)38)31-22(40)17-7-5-9-34(17)25(43)14(28)11-35/h12-17,19-20,35-37H,3-11,27-28H2,1-2H3,(H2,29,38)(H,30,41)(H,31,40)(H,32,39)(H,33,42)(H,44,45)/t12-,13-,14+,15+,16+,17+,19+,20+/m1/s1. The lowest BCUT2D eigenvalue weighted by Gasteiger charge is -2.29. The van der Waals surface area contributed by atoms with Crippen molar-refractivity contribution in [3.8, 4) is 0 Å². The van der Waals surface area contributed by atoms with Gasteiger partial charge in [-0.15, -0.1) is 0 Å². The highest BCUT2D eigenvalue weighted by atomic mass is 16.4. The molecule has 1 rings (SSSR count). The number of hydrogen-bond acceptors (Lipinski definition) is 12. The van der Waals surface area contributed by atoms with Crippen molar-refractivity contribution < 1.29 is 54.0 Å². The molecule has 1 aliphatic rings. The van der Waals surface area contributed by atoms with E-state index in [2.05, 4.69) is 21.3 Å². The Labute approximate surface area is 259 Å². The Morgan fingerprint density at radius 3 is 1.91 bits per heavy atom. The summed E-state index contributed by atoms with van der Waals surface area (Å²) < 4.78 is 0. The fourth-order valence-corrected chi connectivity index (χ4v) is 4.59. The van der Waals surface area contributed by atoms with Crippen LogP contribution in [0.5, 0.6) is 0 Å². The van der Waals surface area contributed by atoms with Crippen LogP contribution in [0.1, 0.15) is 52.4 Å². The average molecular weight is 647 g/mol. The molecule has 19 heteroatoms. The zero-order valence-electron chi connectivity index (χ0n) is 25.3. The van der Waals surface area contributed by atoms with Crippen LogP contribution >= 0.6 is 0 Å². The van der Waals surface area contributed by atoms with Crippen molar-refractivity contribution in [1.29, 1.82) is 0 Å². The molecule has 0 saturated carbocycles. The van der Waals surface area contributed by atoms with Gasteiger partial charge in [0.15, 0.2) is 0 Å². The van der Waals surface area contributed by atoms with Crippen LogP contribution in [0.4, 0.5) is 0 Å². The van der Waals surface area contributed by atoms with E-state index < -0.39 is 103 Å². The lowest BCUT2D eigenvalue weighted by Crippen LogP contribution is -2.63. The molecule has 8 atom stereocenters. The number of nitrogens with two attached hydrogens (primary N) is 3. The number of nitrogens with one attached hydrogen (secondary N) is 4. The molecule has 14 N–H and O–H groups in total. The van der Waals surface area contributed by atoms with Crippen LogP contribution in [0.25, 0.3) is 0 Å². The molecule has 256 valence electrons. The van der Waals surface area contributed by atoms with Crippen LogP contribution in [-0.2, 0) is 33.6 Å². The van der Waals surface area contributed by atoms with Crippen LogP contribution in [-0.4, -0.2) is 135 Å². The summed E-state index contributed by atoms with van der Waals surface area (Å²) in [5, 5.41) is 48.0. The van der Waals surface area contributed by atoms with Gasteiger partial charge in [0, 0.05) is 6.54 Å². The number of nitrogens with zero attached hydrogens (tertiary/aromatic N) is 1. The number of aliphatic hydroxyl groups excluding tert-OH is 3. The van der Waals surface area contributed by atoms with Gasteiger partial charge in [0.05, 0.1) is 25.2 Å². The molecule has 0 aromatic heterocycles. The number of rotatable bonds is 19. The Morgan fingerprint density at radius 2 is 1.42 bits per heavy atom. The zero-order valence-corrected chi connectivity index (χ0v) is 25.3. The predicted molar refractivity (Wildman–Crippen MR) is 155 cm³/mol. The van der Waals surface area contributed by atoms with E-state index in [1.165, 1.54) is 0 Å². The first-order valence-electron chi connectivity index (χ1n) is 14.5. The second kappa shape index (κ2) is 18.8. The molecule has 0 unspecified atom stereocenters. The smallest absolute Gasteiger partial charge is 0.326 e. The number of aliphatic hydroxyl groups is 3. The summed E-state index contributed by atoms with van der Waals surface area (Å²) in [5.74, 6) is -7.24. The molecule has 1 fully saturated rings. The van der Waals surface area contributed by atoms with Gasteiger partial charge in [-0.05, 0) is 52.5 Å². The largest absolute Gasteiger partial charge is 0.480 e. The Kier molecular flexibility index (Phi) is 16.3. The minimum atomic E-state index is -1.79. The van der Waals surface area contributed by atoms with Gasteiger partial charge in [0.2, 0.25) is 35.4 Å². The van der Waals surface area contributed by atoms with Crippen LogP contribution in [0.15, 0.2) is 0 Å². The first kappa shape index (κ1) is 39.1. The summed E-state index contributed by atoms with van der Waals surface area (Å²) in [7, 11) is 0. The van der Waals surface area contributed by atoms with E-state index >= 15 is 0 Å². The fraction of sp³-hybridized carbons (Fsp3) is 0.731. The third kappa shape index (κ3) is 12.2. The molecule has 1 aliphatic heterocycles. The number of amides is 6. The van der Waals surface area contributed by atoms with Gasteiger partial charge in [0.25, 0.3) is 0 Å². The number of likely N-dealkylation sites (tertiary alicyclic amines) is 1. The monoisotopic (exact) mass is 646 g/mol. The molecule has 0 radical (unpaired) electrons. The van der Waals surface area contributed by atoms with Crippen molar-refractivity contribution in [2.45, 2.75) is 101 Å². The first-order valence-corrected chi connectivity index (χ1v) is 14.5. The van der Waals surface area contributed by atoms with E-state index in [9.17, 15) is 54.0 Å². The van der Waals surface area contributed by atoms with Gasteiger partial charge < -0.3 is 63.8 Å². The lowest BCUT2D eigenvalue weighted by atomic mass is 10.1. The van der Waals surface area contributed by atoms with Crippen molar-refractivity contribution in [3.05, 3.63) is 0 Å². The van der Waals surface area contributed by atoms with E-state index in [-0.39, 0.29) is 19.4 Å². The molecule has 19 nitrogen and oxygen atoms in total. The molecule has 0 aromatic rings. The lowest BCUT2D eigenvalue weighted by molar-refractivity contribution is -0.143. The van der Waals surface area contributed by atoms with Crippen LogP contribution in [0, 0.1) is 0 Å². The Bertz CT molecular complexity index is 1070. The third-order valence-corrected chi connectivity index (χ3v) is 7.08. The topological polar surface area (TPSA) is 330 Å². The zero-order chi connectivity index (χ0) is 34.4. The SMILES string of the molecule is C[C@@H](O)[C@H](NC(=O)[C@H](CC(N)=O)NC(=O)[C@@H]1CCCN1C(=O)[C@@H](N)CO)C(=O)N[C@H](C(=O)N[C@@H](CCCCN)C(=O)O)[C@@H](C)O. The molecule has 0 bridgehead atoms. The van der Waals surface area contributed by atoms with Crippen LogP contribution < -0.4 is 38.5 Å². The molecule has 1 heterocycles.